The van der Waals surface area contributed by atoms with Crippen molar-refractivity contribution in [3.63, 3.8) is 0 Å². The first kappa shape index (κ1) is 18.5. The van der Waals surface area contributed by atoms with Crippen LogP contribution in [0.4, 0.5) is 0 Å². The van der Waals surface area contributed by atoms with Gasteiger partial charge in [0.2, 0.25) is 0 Å². The topological polar surface area (TPSA) is 91.2 Å². The van der Waals surface area contributed by atoms with Gasteiger partial charge in [-0.15, -0.1) is 11.3 Å². The Kier molecular flexibility index (Phi) is 6.14. The highest BCUT2D eigenvalue weighted by atomic mass is 32.1. The average molecular weight is 357 g/mol. The van der Waals surface area contributed by atoms with Gasteiger partial charge in [0.25, 0.3) is 11.8 Å². The Hall–Kier alpha value is -2.85. The quantitative estimate of drug-likeness (QED) is 0.805. The second kappa shape index (κ2) is 8.31. The summed E-state index contributed by atoms with van der Waals surface area (Å²) in [6, 6.07) is 10.4. The van der Waals surface area contributed by atoms with Crippen molar-refractivity contribution >= 4 is 23.2 Å². The van der Waals surface area contributed by atoms with Crippen LogP contribution in [0.1, 0.15) is 39.5 Å². The van der Waals surface area contributed by atoms with E-state index < -0.39 is 12.0 Å². The van der Waals surface area contributed by atoms with Crippen molar-refractivity contribution < 1.29 is 14.3 Å². The maximum Gasteiger partial charge on any atom is 0.279 e. The first-order valence-electron chi connectivity index (χ1n) is 7.81. The summed E-state index contributed by atoms with van der Waals surface area (Å²) in [6.07, 6.45) is -0.00894. The molecule has 0 aliphatic heterocycles. The van der Waals surface area contributed by atoms with Crippen molar-refractivity contribution in [3.05, 3.63) is 51.2 Å². The van der Waals surface area contributed by atoms with Crippen molar-refractivity contribution in [2.24, 2.45) is 0 Å². The van der Waals surface area contributed by atoms with E-state index >= 15 is 0 Å². The highest BCUT2D eigenvalue weighted by Gasteiger charge is 2.18. The van der Waals surface area contributed by atoms with Crippen LogP contribution in [-0.2, 0) is 11.2 Å². The van der Waals surface area contributed by atoms with Crippen molar-refractivity contribution in [2.45, 2.75) is 33.3 Å². The first-order chi connectivity index (χ1) is 12.0. The van der Waals surface area contributed by atoms with E-state index in [-0.39, 0.29) is 5.91 Å². The molecule has 2 amide bonds. The van der Waals surface area contributed by atoms with Gasteiger partial charge in [-0.1, -0.05) is 19.1 Å². The molecule has 0 radical (unpaired) electrons. The summed E-state index contributed by atoms with van der Waals surface area (Å²) >= 11 is 1.40. The van der Waals surface area contributed by atoms with E-state index in [0.717, 1.165) is 16.9 Å². The van der Waals surface area contributed by atoms with Gasteiger partial charge in [0.05, 0.1) is 10.4 Å². The van der Waals surface area contributed by atoms with E-state index in [2.05, 4.69) is 10.9 Å². The van der Waals surface area contributed by atoms with Crippen LogP contribution in [0.2, 0.25) is 0 Å². The standard InChI is InChI=1S/C18H19N3O3S/c1-4-15-11(2)9-16(25-15)18(23)21-20-17(22)12(3)24-14-8-6-5-7-13(14)10-19/h5-9,12H,4H2,1-3H3,(H,20,22)(H,21,23). The third kappa shape index (κ3) is 4.58. The summed E-state index contributed by atoms with van der Waals surface area (Å²) in [5.41, 5.74) is 6.13. The second-order valence-electron chi connectivity index (χ2n) is 5.38. The van der Waals surface area contributed by atoms with Crippen molar-refractivity contribution in [1.29, 1.82) is 5.26 Å². The molecule has 25 heavy (non-hydrogen) atoms. The van der Waals surface area contributed by atoms with Crippen LogP contribution in [0.3, 0.4) is 0 Å². The fourth-order valence-electron chi connectivity index (χ4n) is 2.17. The zero-order valence-corrected chi connectivity index (χ0v) is 15.1. The predicted molar refractivity (Wildman–Crippen MR) is 95.3 cm³/mol. The number of hydrogen-bond donors (Lipinski definition) is 2. The molecule has 2 aromatic rings. The molecule has 7 heteroatoms. The Balaban J connectivity index is 1.92. The van der Waals surface area contributed by atoms with Crippen molar-refractivity contribution in [2.75, 3.05) is 0 Å². The number of ether oxygens (including phenoxy) is 1. The summed E-state index contributed by atoms with van der Waals surface area (Å²) < 4.78 is 5.49. The Morgan fingerprint density at radius 3 is 2.68 bits per heavy atom. The maximum atomic E-state index is 12.1. The van der Waals surface area contributed by atoms with E-state index in [9.17, 15) is 9.59 Å². The lowest BCUT2D eigenvalue weighted by Gasteiger charge is -2.15. The second-order valence-corrected chi connectivity index (χ2v) is 6.52. The van der Waals surface area contributed by atoms with Gasteiger partial charge in [0.1, 0.15) is 11.8 Å². The third-order valence-corrected chi connectivity index (χ3v) is 4.93. The van der Waals surface area contributed by atoms with Crippen LogP contribution in [0.15, 0.2) is 30.3 Å². The van der Waals surface area contributed by atoms with Crippen LogP contribution < -0.4 is 15.6 Å². The van der Waals surface area contributed by atoms with Crippen LogP contribution in [0, 0.1) is 18.3 Å². The van der Waals surface area contributed by atoms with Gasteiger partial charge in [-0.05, 0) is 44.0 Å². The molecule has 1 aromatic carbocycles. The number of carbonyl (C=O) groups excluding carboxylic acids is 2. The molecule has 1 aromatic heterocycles. The molecule has 0 aliphatic rings. The number of nitriles is 1. The number of hydrogen-bond acceptors (Lipinski definition) is 5. The monoisotopic (exact) mass is 357 g/mol. The fourth-order valence-corrected chi connectivity index (χ4v) is 3.18. The zero-order chi connectivity index (χ0) is 18.4. The SMILES string of the molecule is CCc1sc(C(=O)NNC(=O)C(C)Oc2ccccc2C#N)cc1C. The number of thiophene rings is 1. The molecule has 6 nitrogen and oxygen atoms in total. The Morgan fingerprint density at radius 2 is 2.04 bits per heavy atom. The van der Waals surface area contributed by atoms with Gasteiger partial charge in [-0.3, -0.25) is 20.4 Å². The smallest absolute Gasteiger partial charge is 0.279 e. The summed E-state index contributed by atoms with van der Waals surface area (Å²) in [5, 5.41) is 9.03. The molecular formula is C18H19N3O3S. The normalized spacial score (nSPS) is 11.3. The number of amides is 2. The predicted octanol–water partition coefficient (Wildman–Crippen LogP) is 2.72. The number of hydrazine groups is 1. The third-order valence-electron chi connectivity index (χ3n) is 3.55. The van der Waals surface area contributed by atoms with Crippen molar-refractivity contribution in [3.8, 4) is 11.8 Å². The summed E-state index contributed by atoms with van der Waals surface area (Å²) in [4.78, 5) is 25.9. The lowest BCUT2D eigenvalue weighted by atomic mass is 10.2. The number of nitrogens with one attached hydrogen (secondary N) is 2. The van der Waals surface area contributed by atoms with E-state index in [1.165, 1.54) is 11.3 Å². The lowest BCUT2D eigenvalue weighted by Crippen LogP contribution is -2.47. The van der Waals surface area contributed by atoms with Crippen LogP contribution in [-0.4, -0.2) is 17.9 Å². The highest BCUT2D eigenvalue weighted by molar-refractivity contribution is 7.14. The first-order valence-corrected chi connectivity index (χ1v) is 8.63. The number of benzene rings is 1. The minimum Gasteiger partial charge on any atom is -0.479 e. The number of nitrogens with zero attached hydrogens (tertiary/aromatic N) is 1. The van der Waals surface area contributed by atoms with Crippen molar-refractivity contribution in [1.82, 2.24) is 10.9 Å². The molecule has 0 saturated heterocycles. The van der Waals surface area contributed by atoms with Gasteiger partial charge in [0.15, 0.2) is 6.10 Å². The average Bonchev–Trinajstić information content (AvgIpc) is 3.00. The summed E-state index contributed by atoms with van der Waals surface area (Å²) in [5.74, 6) is -0.559. The number of para-hydroxylation sites is 1. The van der Waals surface area contributed by atoms with Gasteiger partial charge in [-0.25, -0.2) is 0 Å². The molecule has 1 atom stereocenters. The van der Waals surface area contributed by atoms with Gasteiger partial charge < -0.3 is 4.74 Å². The number of aryl methyl sites for hydroxylation is 2. The lowest BCUT2D eigenvalue weighted by molar-refractivity contribution is -0.128. The highest BCUT2D eigenvalue weighted by Crippen LogP contribution is 2.22. The molecule has 0 bridgehead atoms. The zero-order valence-electron chi connectivity index (χ0n) is 14.3. The molecule has 1 heterocycles. The fraction of sp³-hybridized carbons (Fsp3) is 0.278. The number of carbonyl (C=O) groups is 2. The minimum atomic E-state index is -0.869. The van der Waals surface area contributed by atoms with Crippen LogP contribution >= 0.6 is 11.3 Å². The number of rotatable bonds is 5. The molecule has 0 saturated carbocycles. The Morgan fingerprint density at radius 1 is 1.32 bits per heavy atom. The molecule has 0 spiro atoms. The van der Waals surface area contributed by atoms with E-state index in [1.54, 1.807) is 37.3 Å². The van der Waals surface area contributed by atoms with Crippen LogP contribution in [0.25, 0.3) is 0 Å². The van der Waals surface area contributed by atoms with E-state index in [0.29, 0.717) is 16.2 Å². The molecule has 2 rings (SSSR count). The van der Waals surface area contributed by atoms with E-state index in [1.807, 2.05) is 19.9 Å². The summed E-state index contributed by atoms with van der Waals surface area (Å²) in [6.45, 7) is 5.52. The van der Waals surface area contributed by atoms with Gasteiger partial charge >= 0.3 is 0 Å². The molecule has 130 valence electrons. The van der Waals surface area contributed by atoms with Crippen LogP contribution in [0.5, 0.6) is 5.75 Å². The molecular weight excluding hydrogens is 338 g/mol. The minimum absolute atomic E-state index is 0.320. The summed E-state index contributed by atoms with van der Waals surface area (Å²) in [7, 11) is 0. The Labute approximate surface area is 150 Å². The molecule has 1 unspecified atom stereocenters. The Bertz CT molecular complexity index is 823. The van der Waals surface area contributed by atoms with Gasteiger partial charge in [0, 0.05) is 4.88 Å². The molecule has 0 aliphatic carbocycles. The van der Waals surface area contributed by atoms with Gasteiger partial charge in [-0.2, -0.15) is 5.26 Å². The van der Waals surface area contributed by atoms with E-state index in [4.69, 9.17) is 10.00 Å². The largest absolute Gasteiger partial charge is 0.479 e. The molecule has 2 N–H and O–H groups in total. The maximum absolute atomic E-state index is 12.1. The molecule has 0 fully saturated rings.